The average molecular weight is 268 g/mol. The minimum atomic E-state index is -0.816. The Morgan fingerprint density at radius 3 is 3.17 bits per heavy atom. The number of thioether (sulfide) groups is 1. The molecule has 1 aromatic heterocycles. The van der Waals surface area contributed by atoms with Crippen LogP contribution in [0.5, 0.6) is 0 Å². The summed E-state index contributed by atoms with van der Waals surface area (Å²) in [5, 5.41) is 17.4. The van der Waals surface area contributed by atoms with Crippen LogP contribution < -0.4 is 0 Å². The van der Waals surface area contributed by atoms with Crippen molar-refractivity contribution in [1.29, 1.82) is 0 Å². The first-order valence-electron chi connectivity index (χ1n) is 6.24. The number of carboxylic acids is 1. The lowest BCUT2D eigenvalue weighted by Gasteiger charge is -2.21. The number of rotatable bonds is 4. The van der Waals surface area contributed by atoms with Crippen molar-refractivity contribution in [1.82, 2.24) is 19.7 Å². The second-order valence-electron chi connectivity index (χ2n) is 4.80. The summed E-state index contributed by atoms with van der Waals surface area (Å²) in [5.41, 5.74) is 0. The Kier molecular flexibility index (Phi) is 3.25. The van der Waals surface area contributed by atoms with Crippen LogP contribution in [0.1, 0.15) is 25.3 Å². The van der Waals surface area contributed by atoms with E-state index in [0.717, 1.165) is 18.1 Å². The highest BCUT2D eigenvalue weighted by Gasteiger charge is 2.38. The van der Waals surface area contributed by atoms with Gasteiger partial charge in [-0.1, -0.05) is 11.8 Å². The van der Waals surface area contributed by atoms with E-state index < -0.39 is 5.97 Å². The largest absolute Gasteiger partial charge is 0.481 e. The normalized spacial score (nSPS) is 27.6. The highest BCUT2D eigenvalue weighted by Crippen LogP contribution is 2.37. The summed E-state index contributed by atoms with van der Waals surface area (Å²) < 4.78 is 2.07. The maximum absolute atomic E-state index is 10.6. The highest BCUT2D eigenvalue weighted by molar-refractivity contribution is 7.99. The van der Waals surface area contributed by atoms with Gasteiger partial charge in [0.1, 0.15) is 6.33 Å². The summed E-state index contributed by atoms with van der Waals surface area (Å²) in [6.45, 7) is 2.33. The molecule has 0 bridgehead atoms. The van der Waals surface area contributed by atoms with Crippen LogP contribution in [0, 0.1) is 0 Å². The van der Waals surface area contributed by atoms with Gasteiger partial charge in [-0.15, -0.1) is 10.2 Å². The van der Waals surface area contributed by atoms with E-state index in [1.54, 1.807) is 6.33 Å². The monoisotopic (exact) mass is 268 g/mol. The molecule has 2 aliphatic rings. The molecule has 0 aliphatic carbocycles. The quantitative estimate of drug-likeness (QED) is 0.817. The van der Waals surface area contributed by atoms with Crippen molar-refractivity contribution in [2.75, 3.05) is 18.8 Å². The van der Waals surface area contributed by atoms with Crippen molar-refractivity contribution in [2.24, 2.45) is 0 Å². The Morgan fingerprint density at radius 1 is 1.44 bits per heavy atom. The van der Waals surface area contributed by atoms with E-state index in [4.69, 9.17) is 5.11 Å². The Labute approximate surface area is 109 Å². The van der Waals surface area contributed by atoms with Crippen molar-refractivity contribution >= 4 is 17.7 Å². The molecule has 0 radical (unpaired) electrons. The predicted molar refractivity (Wildman–Crippen MR) is 66.6 cm³/mol. The van der Waals surface area contributed by atoms with E-state index >= 15 is 0 Å². The van der Waals surface area contributed by atoms with Crippen LogP contribution in [0.25, 0.3) is 0 Å². The lowest BCUT2D eigenvalue weighted by molar-refractivity contribution is -0.133. The van der Waals surface area contributed by atoms with E-state index in [9.17, 15) is 4.79 Å². The minimum absolute atomic E-state index is 0.0415. The van der Waals surface area contributed by atoms with Crippen LogP contribution in [-0.2, 0) is 4.79 Å². The predicted octanol–water partition coefficient (Wildman–Crippen LogP) is 0.864. The van der Waals surface area contributed by atoms with Crippen LogP contribution in [0.3, 0.4) is 0 Å². The SMILES string of the molecule is O=C(O)CSc1nncn1C1CCN2CCCC12. The van der Waals surface area contributed by atoms with Gasteiger partial charge in [-0.25, -0.2) is 0 Å². The van der Waals surface area contributed by atoms with Gasteiger partial charge in [0.2, 0.25) is 0 Å². The molecule has 0 spiro atoms. The molecular weight excluding hydrogens is 252 g/mol. The number of fused-ring (bicyclic) bond motifs is 1. The lowest BCUT2D eigenvalue weighted by Crippen LogP contribution is -2.27. The molecule has 98 valence electrons. The molecule has 7 heteroatoms. The topological polar surface area (TPSA) is 71.2 Å². The van der Waals surface area contributed by atoms with Gasteiger partial charge in [-0.3, -0.25) is 9.69 Å². The fraction of sp³-hybridized carbons (Fsp3) is 0.727. The molecule has 2 unspecified atom stereocenters. The summed E-state index contributed by atoms with van der Waals surface area (Å²) in [7, 11) is 0. The highest BCUT2D eigenvalue weighted by atomic mass is 32.2. The Hall–Kier alpha value is -1.08. The number of aromatic nitrogens is 3. The minimum Gasteiger partial charge on any atom is -0.481 e. The molecule has 2 aliphatic heterocycles. The van der Waals surface area contributed by atoms with Crippen LogP contribution in [0.15, 0.2) is 11.5 Å². The summed E-state index contributed by atoms with van der Waals surface area (Å²) in [6, 6.07) is 1.00. The van der Waals surface area contributed by atoms with E-state index in [0.29, 0.717) is 12.1 Å². The lowest BCUT2D eigenvalue weighted by atomic mass is 10.1. The molecule has 1 aromatic rings. The van der Waals surface area contributed by atoms with Crippen LogP contribution in [-0.4, -0.2) is 55.6 Å². The van der Waals surface area contributed by atoms with Gasteiger partial charge < -0.3 is 9.67 Å². The first-order chi connectivity index (χ1) is 8.75. The molecule has 3 heterocycles. The fourth-order valence-electron chi connectivity index (χ4n) is 3.07. The van der Waals surface area contributed by atoms with Gasteiger partial charge >= 0.3 is 5.97 Å². The summed E-state index contributed by atoms with van der Waals surface area (Å²) >= 11 is 1.25. The number of carboxylic acid groups (broad SMARTS) is 1. The summed E-state index contributed by atoms with van der Waals surface area (Å²) in [4.78, 5) is 13.1. The number of carbonyl (C=O) groups is 1. The Morgan fingerprint density at radius 2 is 2.33 bits per heavy atom. The first kappa shape index (κ1) is 12.0. The number of hydrogen-bond acceptors (Lipinski definition) is 5. The molecule has 2 fully saturated rings. The molecule has 0 aromatic carbocycles. The molecule has 6 nitrogen and oxygen atoms in total. The molecule has 2 atom stereocenters. The smallest absolute Gasteiger partial charge is 0.313 e. The van der Waals surface area contributed by atoms with Gasteiger partial charge in [-0.2, -0.15) is 0 Å². The maximum Gasteiger partial charge on any atom is 0.313 e. The van der Waals surface area contributed by atoms with Crippen molar-refractivity contribution in [3.8, 4) is 0 Å². The third-order valence-electron chi connectivity index (χ3n) is 3.79. The fourth-order valence-corrected chi connectivity index (χ4v) is 3.76. The molecule has 18 heavy (non-hydrogen) atoms. The van der Waals surface area contributed by atoms with E-state index in [1.165, 1.54) is 31.1 Å². The Bertz CT molecular complexity index is 450. The van der Waals surface area contributed by atoms with Crippen molar-refractivity contribution in [2.45, 2.75) is 36.5 Å². The van der Waals surface area contributed by atoms with Gasteiger partial charge in [0.15, 0.2) is 5.16 Å². The van der Waals surface area contributed by atoms with Crippen LogP contribution in [0.2, 0.25) is 0 Å². The average Bonchev–Trinajstić information content (AvgIpc) is 3.01. The molecule has 1 N–H and O–H groups in total. The van der Waals surface area contributed by atoms with E-state index in [-0.39, 0.29) is 5.75 Å². The molecule has 3 rings (SSSR count). The maximum atomic E-state index is 10.6. The number of aliphatic carboxylic acids is 1. The molecule has 0 amide bonds. The zero-order valence-electron chi connectivity index (χ0n) is 10.0. The zero-order chi connectivity index (χ0) is 12.5. The standard InChI is InChI=1S/C11H16N4O2S/c16-10(17)6-18-11-13-12-7-15(11)9-3-5-14-4-1-2-8(9)14/h7-9H,1-6H2,(H,16,17). The van der Waals surface area contributed by atoms with Crippen molar-refractivity contribution < 1.29 is 9.90 Å². The third kappa shape index (κ3) is 2.12. The van der Waals surface area contributed by atoms with Gasteiger partial charge in [0.05, 0.1) is 11.8 Å². The van der Waals surface area contributed by atoms with Crippen LogP contribution >= 0.6 is 11.8 Å². The zero-order valence-corrected chi connectivity index (χ0v) is 10.8. The first-order valence-corrected chi connectivity index (χ1v) is 7.22. The van der Waals surface area contributed by atoms with Crippen molar-refractivity contribution in [3.63, 3.8) is 0 Å². The second-order valence-corrected chi connectivity index (χ2v) is 5.75. The molecule has 0 saturated carbocycles. The number of hydrogen-bond donors (Lipinski definition) is 1. The van der Waals surface area contributed by atoms with Crippen LogP contribution in [0.4, 0.5) is 0 Å². The molecule has 2 saturated heterocycles. The third-order valence-corrected chi connectivity index (χ3v) is 4.73. The Balaban J connectivity index is 1.76. The van der Waals surface area contributed by atoms with E-state index in [2.05, 4.69) is 19.7 Å². The van der Waals surface area contributed by atoms with E-state index in [1.807, 2.05) is 0 Å². The molecular formula is C11H16N4O2S. The summed E-state index contributed by atoms with van der Waals surface area (Å²) in [5.74, 6) is -0.775. The van der Waals surface area contributed by atoms with Gasteiger partial charge in [-0.05, 0) is 25.8 Å². The van der Waals surface area contributed by atoms with Gasteiger partial charge in [0.25, 0.3) is 0 Å². The van der Waals surface area contributed by atoms with Crippen molar-refractivity contribution in [3.05, 3.63) is 6.33 Å². The summed E-state index contributed by atoms with van der Waals surface area (Å²) in [6.07, 6.45) is 5.35. The van der Waals surface area contributed by atoms with Gasteiger partial charge in [0, 0.05) is 12.6 Å². The second kappa shape index (κ2) is 4.89. The number of nitrogens with zero attached hydrogens (tertiary/aromatic N) is 4.